The number of ether oxygens (including phenoxy) is 1. The molecule has 7 nitrogen and oxygen atoms in total. The SMILES string of the molecule is C=CCOC(=O)n1c(C(F)(F)C(F)F)nc2c([N+](=O)[O-])cc(C(F)(F)F)cc21. The van der Waals surface area contributed by atoms with E-state index in [4.69, 9.17) is 0 Å². The molecule has 152 valence electrons. The minimum atomic E-state index is -5.18. The van der Waals surface area contributed by atoms with E-state index in [1.165, 1.54) is 0 Å². The molecule has 1 aromatic carbocycles. The number of nitro benzene ring substituents is 1. The molecule has 0 amide bonds. The van der Waals surface area contributed by atoms with Crippen molar-refractivity contribution < 1.29 is 45.2 Å². The van der Waals surface area contributed by atoms with Crippen LogP contribution in [0.1, 0.15) is 11.4 Å². The summed E-state index contributed by atoms with van der Waals surface area (Å²) >= 11 is 0. The van der Waals surface area contributed by atoms with Crippen LogP contribution >= 0.6 is 0 Å². The summed E-state index contributed by atoms with van der Waals surface area (Å²) in [6, 6.07) is 0.0780. The number of carbonyl (C=O) groups excluding carboxylic acids is 1. The van der Waals surface area contributed by atoms with E-state index in [2.05, 4.69) is 16.3 Å². The van der Waals surface area contributed by atoms with Crippen LogP contribution < -0.4 is 0 Å². The maximum absolute atomic E-state index is 13.9. The maximum atomic E-state index is 13.9. The normalized spacial score (nSPS) is 12.4. The van der Waals surface area contributed by atoms with Crippen molar-refractivity contribution in [2.75, 3.05) is 6.61 Å². The van der Waals surface area contributed by atoms with Crippen molar-refractivity contribution in [2.24, 2.45) is 0 Å². The van der Waals surface area contributed by atoms with E-state index >= 15 is 0 Å². The monoisotopic (exact) mass is 415 g/mol. The molecule has 0 aliphatic heterocycles. The Labute approximate surface area is 150 Å². The second-order valence-electron chi connectivity index (χ2n) is 5.18. The third kappa shape index (κ3) is 3.61. The molecule has 0 aliphatic rings. The van der Waals surface area contributed by atoms with Gasteiger partial charge in [-0.05, 0) is 6.07 Å². The van der Waals surface area contributed by atoms with Crippen molar-refractivity contribution >= 4 is 22.8 Å². The third-order valence-corrected chi connectivity index (χ3v) is 3.34. The van der Waals surface area contributed by atoms with Gasteiger partial charge in [0.2, 0.25) is 0 Å². The number of carbonyl (C=O) groups is 1. The number of nitro groups is 1. The average molecular weight is 415 g/mol. The lowest BCUT2D eigenvalue weighted by atomic mass is 10.1. The first-order chi connectivity index (χ1) is 12.8. The molecule has 0 spiro atoms. The van der Waals surface area contributed by atoms with Gasteiger partial charge in [-0.15, -0.1) is 0 Å². The molecule has 2 aromatic rings. The van der Waals surface area contributed by atoms with Gasteiger partial charge >= 0.3 is 24.6 Å². The summed E-state index contributed by atoms with van der Waals surface area (Å²) in [6.07, 6.45) is -10.4. The number of hydrogen-bond acceptors (Lipinski definition) is 5. The molecule has 0 N–H and O–H groups in total. The molecule has 0 unspecified atom stereocenters. The van der Waals surface area contributed by atoms with Crippen LogP contribution in [0.25, 0.3) is 11.0 Å². The summed E-state index contributed by atoms with van der Waals surface area (Å²) in [5.41, 5.74) is -5.36. The number of hydrogen-bond donors (Lipinski definition) is 0. The van der Waals surface area contributed by atoms with Gasteiger partial charge in [0.05, 0.1) is 16.0 Å². The van der Waals surface area contributed by atoms with Crippen molar-refractivity contribution in [3.63, 3.8) is 0 Å². The number of halogens is 7. The van der Waals surface area contributed by atoms with Gasteiger partial charge in [-0.1, -0.05) is 12.7 Å². The fraction of sp³-hybridized carbons (Fsp3) is 0.286. The van der Waals surface area contributed by atoms with Crippen molar-refractivity contribution in [1.82, 2.24) is 9.55 Å². The Morgan fingerprint density at radius 3 is 2.39 bits per heavy atom. The highest BCUT2D eigenvalue weighted by Gasteiger charge is 2.49. The van der Waals surface area contributed by atoms with Gasteiger partial charge in [0.25, 0.3) is 5.69 Å². The average Bonchev–Trinajstić information content (AvgIpc) is 2.97. The Morgan fingerprint density at radius 2 is 1.93 bits per heavy atom. The van der Waals surface area contributed by atoms with Crippen molar-refractivity contribution in [1.29, 1.82) is 0 Å². The van der Waals surface area contributed by atoms with Crippen molar-refractivity contribution in [3.8, 4) is 0 Å². The van der Waals surface area contributed by atoms with E-state index in [0.717, 1.165) is 6.08 Å². The molecule has 0 fully saturated rings. The number of alkyl halides is 7. The zero-order valence-electron chi connectivity index (χ0n) is 13.3. The summed E-state index contributed by atoms with van der Waals surface area (Å²) in [4.78, 5) is 24.7. The van der Waals surface area contributed by atoms with E-state index in [0.29, 0.717) is 0 Å². The smallest absolute Gasteiger partial charge is 0.420 e. The first kappa shape index (κ1) is 21.1. The van der Waals surface area contributed by atoms with Crippen LogP contribution in [0.4, 0.5) is 41.2 Å². The Kier molecular flexibility index (Phi) is 5.34. The van der Waals surface area contributed by atoms with Crippen LogP contribution in [-0.2, 0) is 16.8 Å². The molecule has 2 rings (SSSR count). The Bertz CT molecular complexity index is 953. The molecule has 0 atom stereocenters. The van der Waals surface area contributed by atoms with Gasteiger partial charge in [0.15, 0.2) is 11.3 Å². The highest BCUT2D eigenvalue weighted by Crippen LogP contribution is 2.40. The zero-order chi connectivity index (χ0) is 21.4. The molecule has 28 heavy (non-hydrogen) atoms. The van der Waals surface area contributed by atoms with Gasteiger partial charge in [0, 0.05) is 6.07 Å². The van der Waals surface area contributed by atoms with Crippen LogP contribution in [0.5, 0.6) is 0 Å². The number of nitrogens with zero attached hydrogens (tertiary/aromatic N) is 3. The topological polar surface area (TPSA) is 87.3 Å². The molecule has 14 heteroatoms. The lowest BCUT2D eigenvalue weighted by molar-refractivity contribution is -0.383. The number of imidazole rings is 1. The van der Waals surface area contributed by atoms with Gasteiger partial charge in [0.1, 0.15) is 6.61 Å². The second-order valence-corrected chi connectivity index (χ2v) is 5.18. The molecular weight excluding hydrogens is 407 g/mol. The number of non-ortho nitro benzene ring substituents is 1. The highest BCUT2D eigenvalue weighted by atomic mass is 19.4. The Hall–Kier alpha value is -3.19. The van der Waals surface area contributed by atoms with Gasteiger partial charge in [-0.3, -0.25) is 10.1 Å². The highest BCUT2D eigenvalue weighted by molar-refractivity contribution is 5.93. The maximum Gasteiger partial charge on any atom is 0.420 e. The summed E-state index contributed by atoms with van der Waals surface area (Å²) in [6.45, 7) is 2.54. The minimum absolute atomic E-state index is 0.0148. The van der Waals surface area contributed by atoms with E-state index in [1.807, 2.05) is 0 Å². The van der Waals surface area contributed by atoms with Crippen LogP contribution in [0, 0.1) is 10.1 Å². The fourth-order valence-electron chi connectivity index (χ4n) is 2.16. The van der Waals surface area contributed by atoms with Crippen LogP contribution in [0.15, 0.2) is 24.8 Å². The molecule has 0 radical (unpaired) electrons. The van der Waals surface area contributed by atoms with Crippen LogP contribution in [0.2, 0.25) is 0 Å². The number of aromatic nitrogens is 2. The molecule has 0 aliphatic carbocycles. The number of fused-ring (bicyclic) bond motifs is 1. The van der Waals surface area contributed by atoms with Crippen LogP contribution in [0.3, 0.4) is 0 Å². The Balaban J connectivity index is 2.96. The van der Waals surface area contributed by atoms with E-state index < -0.39 is 64.3 Å². The largest absolute Gasteiger partial charge is 0.445 e. The van der Waals surface area contributed by atoms with Gasteiger partial charge in [-0.25, -0.2) is 23.1 Å². The molecule has 0 saturated heterocycles. The van der Waals surface area contributed by atoms with Gasteiger partial charge < -0.3 is 4.74 Å². The fourth-order valence-corrected chi connectivity index (χ4v) is 2.16. The molecule has 0 saturated carbocycles. The zero-order valence-corrected chi connectivity index (χ0v) is 13.3. The minimum Gasteiger partial charge on any atom is -0.445 e. The van der Waals surface area contributed by atoms with E-state index in [1.54, 1.807) is 0 Å². The predicted octanol–water partition coefficient (Wildman–Crippen LogP) is 4.49. The molecule has 0 bridgehead atoms. The summed E-state index contributed by atoms with van der Waals surface area (Å²) in [7, 11) is 0. The molecule has 1 heterocycles. The lowest BCUT2D eigenvalue weighted by Crippen LogP contribution is -2.30. The summed E-state index contributed by atoms with van der Waals surface area (Å²) in [5, 5.41) is 11.1. The first-order valence-corrected chi connectivity index (χ1v) is 7.04. The van der Waals surface area contributed by atoms with E-state index in [9.17, 15) is 45.6 Å². The van der Waals surface area contributed by atoms with Crippen LogP contribution in [-0.4, -0.2) is 33.6 Å². The standard InChI is InChI=1S/C14H8F7N3O4/c1-2-3-28-12(25)23-7-4-6(14(19,20)21)5-8(24(26)27)9(7)22-11(23)13(17,18)10(15)16/h2,4-5,10H,1,3H2. The van der Waals surface area contributed by atoms with E-state index in [-0.39, 0.29) is 16.7 Å². The van der Waals surface area contributed by atoms with Gasteiger partial charge in [-0.2, -0.15) is 22.0 Å². The number of rotatable bonds is 5. The summed E-state index contributed by atoms with van der Waals surface area (Å²) < 4.78 is 96.4. The van der Waals surface area contributed by atoms with Crippen molar-refractivity contribution in [3.05, 3.63) is 46.3 Å². The quantitative estimate of drug-likeness (QED) is 0.311. The number of benzene rings is 1. The molecule has 1 aromatic heterocycles. The Morgan fingerprint density at radius 1 is 1.32 bits per heavy atom. The first-order valence-electron chi connectivity index (χ1n) is 7.04. The lowest BCUT2D eigenvalue weighted by Gasteiger charge is -2.16. The second kappa shape index (κ2) is 7.09. The summed E-state index contributed by atoms with van der Waals surface area (Å²) in [5.74, 6) is -7.13. The van der Waals surface area contributed by atoms with Crippen molar-refractivity contribution in [2.45, 2.75) is 18.5 Å². The molecular formula is C14H8F7N3O4. The predicted molar refractivity (Wildman–Crippen MR) is 78.2 cm³/mol. The third-order valence-electron chi connectivity index (χ3n) is 3.34.